The van der Waals surface area contributed by atoms with Gasteiger partial charge in [-0.2, -0.15) is 0 Å². The Labute approximate surface area is 233 Å². The molecule has 40 heavy (non-hydrogen) atoms. The molecular formula is C30H34N2O8. The summed E-state index contributed by atoms with van der Waals surface area (Å²) in [7, 11) is 4.49. The summed E-state index contributed by atoms with van der Waals surface area (Å²) in [6, 6.07) is 16.8. The molecule has 212 valence electrons. The lowest BCUT2D eigenvalue weighted by atomic mass is 10.0. The minimum absolute atomic E-state index is 0.0426. The minimum atomic E-state index is -0.976. The first-order valence-corrected chi connectivity index (χ1v) is 12.7. The summed E-state index contributed by atoms with van der Waals surface area (Å²) in [4.78, 5) is 37.1. The highest BCUT2D eigenvalue weighted by Gasteiger charge is 2.24. The maximum absolute atomic E-state index is 13.0. The van der Waals surface area contributed by atoms with Crippen LogP contribution in [-0.2, 0) is 20.9 Å². The minimum Gasteiger partial charge on any atom is -0.494 e. The lowest BCUT2D eigenvalue weighted by Crippen LogP contribution is -2.39. The third-order valence-corrected chi connectivity index (χ3v) is 6.03. The summed E-state index contributed by atoms with van der Waals surface area (Å²) in [6.45, 7) is 2.65. The van der Waals surface area contributed by atoms with Crippen molar-refractivity contribution in [3.63, 3.8) is 0 Å². The van der Waals surface area contributed by atoms with E-state index < -0.39 is 23.9 Å². The summed E-state index contributed by atoms with van der Waals surface area (Å²) in [5.74, 6) is -0.156. The predicted molar refractivity (Wildman–Crippen MR) is 149 cm³/mol. The van der Waals surface area contributed by atoms with E-state index in [1.807, 2.05) is 31.2 Å². The average molecular weight is 551 g/mol. The molecule has 0 aromatic heterocycles. The zero-order chi connectivity index (χ0) is 29.1. The Bertz CT molecular complexity index is 1300. The van der Waals surface area contributed by atoms with Gasteiger partial charge in [-0.3, -0.25) is 4.79 Å². The number of hydrogen-bond donors (Lipinski definition) is 2. The SMILES string of the molecule is CCOc1cccc(-c2ccc(C(=O)OC(=O)[C@H](CCC(N)=O)NCc3cc(OC)c(OC)c(OC)c3)cc2)c1. The number of amides is 1. The first-order valence-electron chi connectivity index (χ1n) is 12.7. The maximum atomic E-state index is 13.0. The van der Waals surface area contributed by atoms with Crippen LogP contribution in [0.15, 0.2) is 60.7 Å². The summed E-state index contributed by atoms with van der Waals surface area (Å²) >= 11 is 0. The van der Waals surface area contributed by atoms with Crippen LogP contribution in [-0.4, -0.2) is 51.8 Å². The van der Waals surface area contributed by atoms with Crippen molar-refractivity contribution in [1.29, 1.82) is 0 Å². The van der Waals surface area contributed by atoms with E-state index in [0.29, 0.717) is 29.4 Å². The fourth-order valence-corrected chi connectivity index (χ4v) is 4.02. The number of rotatable bonds is 14. The number of primary amides is 1. The van der Waals surface area contributed by atoms with Gasteiger partial charge in [-0.05, 0) is 66.4 Å². The second kappa shape index (κ2) is 14.5. The van der Waals surface area contributed by atoms with E-state index in [-0.39, 0.29) is 24.9 Å². The van der Waals surface area contributed by atoms with Crippen molar-refractivity contribution in [2.45, 2.75) is 32.4 Å². The lowest BCUT2D eigenvalue weighted by molar-refractivity contribution is -0.140. The topological polar surface area (TPSA) is 135 Å². The number of carbonyl (C=O) groups excluding carboxylic acids is 3. The van der Waals surface area contributed by atoms with Crippen molar-refractivity contribution in [2.75, 3.05) is 27.9 Å². The smallest absolute Gasteiger partial charge is 0.345 e. The normalized spacial score (nSPS) is 11.3. The van der Waals surface area contributed by atoms with Crippen LogP contribution in [0.4, 0.5) is 0 Å². The number of ether oxygens (including phenoxy) is 5. The molecule has 3 aromatic carbocycles. The molecule has 0 unspecified atom stereocenters. The molecule has 3 N–H and O–H groups in total. The molecule has 1 atom stereocenters. The number of methoxy groups -OCH3 is 3. The van der Waals surface area contributed by atoms with E-state index in [1.165, 1.54) is 21.3 Å². The molecule has 1 amide bonds. The fourth-order valence-electron chi connectivity index (χ4n) is 4.02. The van der Waals surface area contributed by atoms with Gasteiger partial charge in [0.2, 0.25) is 11.7 Å². The lowest BCUT2D eigenvalue weighted by Gasteiger charge is -2.18. The van der Waals surface area contributed by atoms with Crippen molar-refractivity contribution in [3.05, 3.63) is 71.8 Å². The molecule has 3 rings (SSSR count). The monoisotopic (exact) mass is 550 g/mol. The maximum Gasteiger partial charge on any atom is 0.345 e. The Morgan fingerprint density at radius 3 is 2.12 bits per heavy atom. The highest BCUT2D eigenvalue weighted by atomic mass is 16.6. The molecule has 0 aliphatic rings. The van der Waals surface area contributed by atoms with Crippen molar-refractivity contribution in [3.8, 4) is 34.1 Å². The van der Waals surface area contributed by atoms with Crippen LogP contribution in [0.1, 0.15) is 35.7 Å². The van der Waals surface area contributed by atoms with E-state index in [9.17, 15) is 14.4 Å². The van der Waals surface area contributed by atoms with Gasteiger partial charge in [0, 0.05) is 13.0 Å². The average Bonchev–Trinajstić information content (AvgIpc) is 2.96. The number of benzene rings is 3. The van der Waals surface area contributed by atoms with Crippen molar-refractivity contribution >= 4 is 17.8 Å². The van der Waals surface area contributed by atoms with Crippen molar-refractivity contribution in [2.24, 2.45) is 5.73 Å². The van der Waals surface area contributed by atoms with Crippen molar-refractivity contribution in [1.82, 2.24) is 5.32 Å². The summed E-state index contributed by atoms with van der Waals surface area (Å²) in [6.07, 6.45) is -0.0350. The van der Waals surface area contributed by atoms with E-state index in [0.717, 1.165) is 16.9 Å². The van der Waals surface area contributed by atoms with Gasteiger partial charge in [0.15, 0.2) is 11.5 Å². The molecule has 0 radical (unpaired) electrons. The van der Waals surface area contributed by atoms with Crippen LogP contribution < -0.4 is 30.0 Å². The van der Waals surface area contributed by atoms with Gasteiger partial charge in [0.25, 0.3) is 0 Å². The molecule has 0 saturated heterocycles. The number of carbonyl (C=O) groups is 3. The second-order valence-electron chi connectivity index (χ2n) is 8.72. The highest BCUT2D eigenvalue weighted by Crippen LogP contribution is 2.38. The first kappa shape index (κ1) is 30.0. The van der Waals surface area contributed by atoms with Gasteiger partial charge in [-0.15, -0.1) is 0 Å². The van der Waals surface area contributed by atoms with Crippen LogP contribution in [0.3, 0.4) is 0 Å². The number of hydrogen-bond acceptors (Lipinski definition) is 9. The summed E-state index contributed by atoms with van der Waals surface area (Å²) < 4.78 is 26.8. The van der Waals surface area contributed by atoms with Crippen LogP contribution in [0, 0.1) is 0 Å². The predicted octanol–water partition coefficient (Wildman–Crippen LogP) is 3.89. The van der Waals surface area contributed by atoms with Gasteiger partial charge in [0.1, 0.15) is 11.8 Å². The standard InChI is InChI=1S/C30H34N2O8/c1-5-39-23-8-6-7-22(17-23)20-9-11-21(12-10-20)29(34)40-30(35)24(13-14-27(31)33)32-18-19-15-25(36-2)28(38-4)26(16-19)37-3/h6-12,15-17,24,32H,5,13-14,18H2,1-4H3,(H2,31,33)/t24-/m0/s1. The highest BCUT2D eigenvalue weighted by molar-refractivity contribution is 5.98. The Morgan fingerprint density at radius 2 is 1.55 bits per heavy atom. The Hall–Kier alpha value is -4.57. The molecular weight excluding hydrogens is 516 g/mol. The van der Waals surface area contributed by atoms with E-state index >= 15 is 0 Å². The van der Waals surface area contributed by atoms with Crippen LogP contribution >= 0.6 is 0 Å². The summed E-state index contributed by atoms with van der Waals surface area (Å²) in [5.41, 5.74) is 8.00. The van der Waals surface area contributed by atoms with Crippen LogP contribution in [0.25, 0.3) is 11.1 Å². The molecule has 0 fully saturated rings. The largest absolute Gasteiger partial charge is 0.494 e. The third-order valence-electron chi connectivity index (χ3n) is 6.03. The molecule has 10 nitrogen and oxygen atoms in total. The first-order chi connectivity index (χ1) is 19.3. The van der Waals surface area contributed by atoms with Crippen LogP contribution in [0.2, 0.25) is 0 Å². The van der Waals surface area contributed by atoms with E-state index in [4.69, 9.17) is 29.4 Å². The quantitative estimate of drug-likeness (QED) is 0.226. The van der Waals surface area contributed by atoms with Crippen molar-refractivity contribution < 1.29 is 38.1 Å². The molecule has 0 heterocycles. The molecule has 3 aromatic rings. The molecule has 0 spiro atoms. The van der Waals surface area contributed by atoms with E-state index in [1.54, 1.807) is 36.4 Å². The molecule has 10 heteroatoms. The second-order valence-corrected chi connectivity index (χ2v) is 8.72. The number of nitrogens with two attached hydrogens (primary N) is 1. The Kier molecular flexibility index (Phi) is 10.9. The van der Waals surface area contributed by atoms with E-state index in [2.05, 4.69) is 5.32 Å². The Morgan fingerprint density at radius 1 is 0.875 bits per heavy atom. The zero-order valence-corrected chi connectivity index (χ0v) is 23.0. The van der Waals surface area contributed by atoms with Gasteiger partial charge in [-0.1, -0.05) is 24.3 Å². The van der Waals surface area contributed by atoms with Gasteiger partial charge < -0.3 is 34.7 Å². The number of nitrogens with one attached hydrogen (secondary N) is 1. The molecule has 0 aliphatic carbocycles. The van der Waals surface area contributed by atoms with Crippen LogP contribution in [0.5, 0.6) is 23.0 Å². The zero-order valence-electron chi connectivity index (χ0n) is 23.0. The molecule has 0 aliphatic heterocycles. The fraction of sp³-hybridized carbons (Fsp3) is 0.300. The van der Waals surface area contributed by atoms with Gasteiger partial charge in [-0.25, -0.2) is 9.59 Å². The summed E-state index contributed by atoms with van der Waals surface area (Å²) in [5, 5.41) is 3.04. The number of esters is 2. The third kappa shape index (κ3) is 7.97. The molecule has 0 saturated carbocycles. The van der Waals surface area contributed by atoms with Gasteiger partial charge in [0.05, 0.1) is 33.5 Å². The van der Waals surface area contributed by atoms with Gasteiger partial charge >= 0.3 is 11.9 Å². The molecule has 0 bridgehead atoms. The Balaban J connectivity index is 1.70.